The molecule has 0 amide bonds. The number of benzene rings is 1. The first-order valence-electron chi connectivity index (χ1n) is 7.40. The predicted molar refractivity (Wildman–Crippen MR) is 81.7 cm³/mol. The molecule has 0 atom stereocenters. The highest BCUT2D eigenvalue weighted by Gasteiger charge is 2.34. The standard InChI is InChI=1S/C16H16F3N3O2/c1-24-10-12-8-14(23)22-7-6-21(15(22)20-12)9-11-4-2-3-5-13(11)16(17,18)19/h2-5,8H,6-7,9-10H2,1H3. The van der Waals surface area contributed by atoms with Crippen molar-refractivity contribution in [3.05, 3.63) is 57.5 Å². The van der Waals surface area contributed by atoms with E-state index in [9.17, 15) is 18.0 Å². The topological polar surface area (TPSA) is 47.4 Å². The zero-order valence-corrected chi connectivity index (χ0v) is 13.0. The van der Waals surface area contributed by atoms with Gasteiger partial charge in [-0.3, -0.25) is 9.36 Å². The monoisotopic (exact) mass is 339 g/mol. The van der Waals surface area contributed by atoms with E-state index in [2.05, 4.69) is 4.98 Å². The van der Waals surface area contributed by atoms with E-state index in [1.54, 1.807) is 11.0 Å². The minimum Gasteiger partial charge on any atom is -0.378 e. The Morgan fingerprint density at radius 3 is 2.71 bits per heavy atom. The molecular formula is C16H16F3N3O2. The number of hydrogen-bond donors (Lipinski definition) is 0. The summed E-state index contributed by atoms with van der Waals surface area (Å²) in [4.78, 5) is 18.1. The van der Waals surface area contributed by atoms with Crippen LogP contribution in [0, 0.1) is 0 Å². The number of anilines is 1. The number of hydrogen-bond acceptors (Lipinski definition) is 4. The van der Waals surface area contributed by atoms with Crippen LogP contribution in [-0.4, -0.2) is 23.2 Å². The van der Waals surface area contributed by atoms with Gasteiger partial charge in [-0.25, -0.2) is 4.98 Å². The molecule has 5 nitrogen and oxygen atoms in total. The van der Waals surface area contributed by atoms with Crippen molar-refractivity contribution < 1.29 is 17.9 Å². The minimum atomic E-state index is -4.42. The second-order valence-electron chi connectivity index (χ2n) is 5.55. The second-order valence-corrected chi connectivity index (χ2v) is 5.55. The molecule has 0 bridgehead atoms. The summed E-state index contributed by atoms with van der Waals surface area (Å²) in [5, 5.41) is 0. The lowest BCUT2D eigenvalue weighted by Gasteiger charge is -2.20. The van der Waals surface area contributed by atoms with Gasteiger partial charge in [0.15, 0.2) is 0 Å². The fourth-order valence-corrected chi connectivity index (χ4v) is 2.82. The summed E-state index contributed by atoms with van der Waals surface area (Å²) in [7, 11) is 1.49. The van der Waals surface area contributed by atoms with Gasteiger partial charge in [-0.1, -0.05) is 18.2 Å². The molecule has 0 aliphatic carbocycles. The van der Waals surface area contributed by atoms with Gasteiger partial charge in [-0.05, 0) is 11.6 Å². The second kappa shape index (κ2) is 6.27. The Labute approximate surface area is 136 Å². The average molecular weight is 339 g/mol. The van der Waals surface area contributed by atoms with Gasteiger partial charge in [0.25, 0.3) is 5.56 Å². The summed E-state index contributed by atoms with van der Waals surface area (Å²) in [6.45, 7) is 1.06. The quantitative estimate of drug-likeness (QED) is 0.858. The maximum Gasteiger partial charge on any atom is 0.416 e. The van der Waals surface area contributed by atoms with E-state index in [4.69, 9.17) is 4.74 Å². The minimum absolute atomic E-state index is 0.0402. The molecule has 0 spiro atoms. The summed E-state index contributed by atoms with van der Waals surface area (Å²) in [6, 6.07) is 6.84. The van der Waals surface area contributed by atoms with Gasteiger partial charge in [0.1, 0.15) is 0 Å². The Balaban J connectivity index is 1.95. The Bertz CT molecular complexity index is 802. The van der Waals surface area contributed by atoms with Crippen LogP contribution in [0.1, 0.15) is 16.8 Å². The first kappa shape index (κ1) is 16.5. The molecule has 0 unspecified atom stereocenters. The van der Waals surface area contributed by atoms with E-state index in [1.165, 1.54) is 29.9 Å². The maximum absolute atomic E-state index is 13.1. The zero-order chi connectivity index (χ0) is 17.3. The van der Waals surface area contributed by atoms with Gasteiger partial charge < -0.3 is 9.64 Å². The first-order chi connectivity index (χ1) is 11.4. The lowest BCUT2D eigenvalue weighted by atomic mass is 10.1. The van der Waals surface area contributed by atoms with Crippen molar-refractivity contribution in [3.8, 4) is 0 Å². The summed E-state index contributed by atoms with van der Waals surface area (Å²) in [5.74, 6) is 0.381. The van der Waals surface area contributed by atoms with Crippen molar-refractivity contribution in [2.24, 2.45) is 0 Å². The molecule has 0 radical (unpaired) electrons. The molecule has 24 heavy (non-hydrogen) atoms. The van der Waals surface area contributed by atoms with Crippen LogP contribution < -0.4 is 10.5 Å². The summed E-state index contributed by atoms with van der Waals surface area (Å²) in [5.41, 5.74) is -0.271. The Hall–Kier alpha value is -2.35. The highest BCUT2D eigenvalue weighted by Crippen LogP contribution is 2.33. The maximum atomic E-state index is 13.1. The first-order valence-corrected chi connectivity index (χ1v) is 7.40. The van der Waals surface area contributed by atoms with Crippen LogP contribution in [0.25, 0.3) is 0 Å². The molecule has 2 heterocycles. The number of methoxy groups -OCH3 is 1. The van der Waals surface area contributed by atoms with Gasteiger partial charge in [0.05, 0.1) is 17.9 Å². The van der Waals surface area contributed by atoms with Crippen LogP contribution in [0.3, 0.4) is 0 Å². The smallest absolute Gasteiger partial charge is 0.378 e. The Kier molecular flexibility index (Phi) is 4.31. The molecular weight excluding hydrogens is 323 g/mol. The molecule has 3 rings (SSSR count). The van der Waals surface area contributed by atoms with Crippen LogP contribution in [0.5, 0.6) is 0 Å². The van der Waals surface area contributed by atoms with Crippen molar-refractivity contribution in [1.82, 2.24) is 9.55 Å². The fourth-order valence-electron chi connectivity index (χ4n) is 2.82. The molecule has 1 aliphatic rings. The largest absolute Gasteiger partial charge is 0.416 e. The van der Waals surface area contributed by atoms with E-state index in [0.29, 0.717) is 24.7 Å². The molecule has 1 aromatic carbocycles. The Morgan fingerprint density at radius 2 is 2.00 bits per heavy atom. The number of ether oxygens (including phenoxy) is 1. The van der Waals surface area contributed by atoms with E-state index in [0.717, 1.165) is 6.07 Å². The third kappa shape index (κ3) is 3.14. The van der Waals surface area contributed by atoms with E-state index in [1.807, 2.05) is 0 Å². The molecule has 128 valence electrons. The van der Waals surface area contributed by atoms with Crippen LogP contribution in [0.4, 0.5) is 19.1 Å². The molecule has 2 aromatic rings. The highest BCUT2D eigenvalue weighted by atomic mass is 19.4. The molecule has 1 aliphatic heterocycles. The molecule has 0 fully saturated rings. The van der Waals surface area contributed by atoms with Gasteiger partial charge in [-0.15, -0.1) is 0 Å². The number of halogens is 3. The van der Waals surface area contributed by atoms with Gasteiger partial charge in [0, 0.05) is 32.8 Å². The third-order valence-electron chi connectivity index (χ3n) is 3.89. The average Bonchev–Trinajstić information content (AvgIpc) is 2.91. The van der Waals surface area contributed by atoms with Gasteiger partial charge in [-0.2, -0.15) is 13.2 Å². The molecule has 1 aromatic heterocycles. The predicted octanol–water partition coefficient (Wildman–Crippen LogP) is 2.43. The molecule has 0 saturated carbocycles. The van der Waals surface area contributed by atoms with Crippen molar-refractivity contribution in [2.75, 3.05) is 18.6 Å². The number of fused-ring (bicyclic) bond motifs is 1. The lowest BCUT2D eigenvalue weighted by molar-refractivity contribution is -0.138. The molecule has 0 saturated heterocycles. The number of nitrogens with zero attached hydrogens (tertiary/aromatic N) is 3. The number of aromatic nitrogens is 2. The van der Waals surface area contributed by atoms with Crippen molar-refractivity contribution >= 4 is 5.95 Å². The van der Waals surface area contributed by atoms with Crippen LogP contribution in [-0.2, 0) is 30.6 Å². The van der Waals surface area contributed by atoms with E-state index in [-0.39, 0.29) is 24.3 Å². The van der Waals surface area contributed by atoms with Crippen LogP contribution >= 0.6 is 0 Å². The molecule has 0 N–H and O–H groups in total. The van der Waals surface area contributed by atoms with Crippen LogP contribution in [0.2, 0.25) is 0 Å². The molecule has 8 heteroatoms. The normalized spacial score (nSPS) is 14.1. The SMILES string of the molecule is COCc1cc(=O)n2c(n1)N(Cc1ccccc1C(F)(F)F)CC2. The van der Waals surface area contributed by atoms with E-state index < -0.39 is 11.7 Å². The van der Waals surface area contributed by atoms with Crippen molar-refractivity contribution in [2.45, 2.75) is 25.9 Å². The van der Waals surface area contributed by atoms with Crippen molar-refractivity contribution in [3.63, 3.8) is 0 Å². The van der Waals surface area contributed by atoms with Crippen molar-refractivity contribution in [1.29, 1.82) is 0 Å². The number of alkyl halides is 3. The highest BCUT2D eigenvalue weighted by molar-refractivity contribution is 5.40. The summed E-state index contributed by atoms with van der Waals surface area (Å²) in [6.07, 6.45) is -4.42. The van der Waals surface area contributed by atoms with Crippen LogP contribution in [0.15, 0.2) is 35.1 Å². The Morgan fingerprint density at radius 1 is 1.25 bits per heavy atom. The van der Waals surface area contributed by atoms with E-state index >= 15 is 0 Å². The number of rotatable bonds is 4. The van der Waals surface area contributed by atoms with Gasteiger partial charge in [0.2, 0.25) is 5.95 Å². The lowest BCUT2D eigenvalue weighted by Crippen LogP contribution is -2.25. The fraction of sp³-hybridized carbons (Fsp3) is 0.375. The zero-order valence-electron chi connectivity index (χ0n) is 13.0. The summed E-state index contributed by atoms with van der Waals surface area (Å²) >= 11 is 0. The summed E-state index contributed by atoms with van der Waals surface area (Å²) < 4.78 is 45.9. The third-order valence-corrected chi connectivity index (χ3v) is 3.89. The van der Waals surface area contributed by atoms with Gasteiger partial charge >= 0.3 is 6.18 Å².